The summed E-state index contributed by atoms with van der Waals surface area (Å²) in [5, 5.41) is 4.65. The number of ether oxygens (including phenoxy) is 1. The Hall–Kier alpha value is -2.92. The van der Waals surface area contributed by atoms with E-state index >= 15 is 0 Å². The van der Waals surface area contributed by atoms with Crippen molar-refractivity contribution in [2.45, 2.75) is 19.9 Å². The lowest BCUT2D eigenvalue weighted by atomic mass is 10.1. The number of esters is 1. The number of nitrogens with two attached hydrogens (primary N) is 1. The minimum atomic E-state index is -0.359. The van der Waals surface area contributed by atoms with Crippen LogP contribution in [0.3, 0.4) is 0 Å². The van der Waals surface area contributed by atoms with Crippen molar-refractivity contribution in [1.29, 1.82) is 0 Å². The van der Waals surface area contributed by atoms with Gasteiger partial charge in [0.1, 0.15) is 5.69 Å². The molecule has 0 saturated heterocycles. The minimum absolute atomic E-state index is 0.332. The van der Waals surface area contributed by atoms with Crippen LogP contribution in [-0.4, -0.2) is 28.9 Å². The predicted molar refractivity (Wildman–Crippen MR) is 102 cm³/mol. The number of nitrogens with zero attached hydrogens (tertiary/aromatic N) is 2. The van der Waals surface area contributed by atoms with Crippen molar-refractivity contribution in [2.24, 2.45) is 5.73 Å². The highest BCUT2D eigenvalue weighted by atomic mass is 16.5. The zero-order valence-electron chi connectivity index (χ0n) is 14.9. The van der Waals surface area contributed by atoms with Crippen LogP contribution < -0.4 is 5.73 Å². The first-order valence-electron chi connectivity index (χ1n) is 8.79. The van der Waals surface area contributed by atoms with Gasteiger partial charge in [-0.15, -0.1) is 0 Å². The quantitative estimate of drug-likeness (QED) is 0.665. The Kier molecular flexibility index (Phi) is 5.81. The smallest absolute Gasteiger partial charge is 0.356 e. The number of aromatic nitrogens is 2. The van der Waals surface area contributed by atoms with Crippen molar-refractivity contribution < 1.29 is 9.53 Å². The van der Waals surface area contributed by atoms with Crippen LogP contribution in [0.25, 0.3) is 11.3 Å². The van der Waals surface area contributed by atoms with Crippen molar-refractivity contribution in [3.63, 3.8) is 0 Å². The van der Waals surface area contributed by atoms with E-state index in [9.17, 15) is 4.79 Å². The summed E-state index contributed by atoms with van der Waals surface area (Å²) in [6.45, 7) is 3.27. The fourth-order valence-corrected chi connectivity index (χ4v) is 2.81. The van der Waals surface area contributed by atoms with Gasteiger partial charge in [0, 0.05) is 5.56 Å². The Morgan fingerprint density at radius 1 is 1.08 bits per heavy atom. The van der Waals surface area contributed by atoms with Gasteiger partial charge in [-0.3, -0.25) is 4.68 Å². The molecule has 134 valence electrons. The number of carbonyl (C=O) groups is 1. The first-order chi connectivity index (χ1) is 12.7. The fraction of sp³-hybridized carbons (Fsp3) is 0.238. The zero-order valence-corrected chi connectivity index (χ0v) is 14.9. The molecule has 0 unspecified atom stereocenters. The van der Waals surface area contributed by atoms with E-state index in [1.807, 2.05) is 54.6 Å². The molecule has 0 fully saturated rings. The Bertz CT molecular complexity index is 855. The summed E-state index contributed by atoms with van der Waals surface area (Å²) in [6, 6.07) is 19.8. The maximum atomic E-state index is 12.3. The molecule has 0 aliphatic carbocycles. The summed E-state index contributed by atoms with van der Waals surface area (Å²) in [5.74, 6) is -0.359. The van der Waals surface area contributed by atoms with Gasteiger partial charge in [-0.2, -0.15) is 5.10 Å². The maximum absolute atomic E-state index is 12.3. The molecule has 0 aliphatic heterocycles. The molecule has 26 heavy (non-hydrogen) atoms. The first-order valence-corrected chi connectivity index (χ1v) is 8.79. The van der Waals surface area contributed by atoms with Crippen LogP contribution in [-0.2, 0) is 17.7 Å². The molecule has 1 heterocycles. The molecule has 0 atom stereocenters. The molecule has 5 heteroatoms. The second-order valence-electron chi connectivity index (χ2n) is 6.01. The third-order valence-corrected chi connectivity index (χ3v) is 4.12. The van der Waals surface area contributed by atoms with E-state index in [-0.39, 0.29) is 5.97 Å². The van der Waals surface area contributed by atoms with Gasteiger partial charge in [0.05, 0.1) is 18.8 Å². The van der Waals surface area contributed by atoms with E-state index in [1.165, 1.54) is 5.56 Å². The van der Waals surface area contributed by atoms with Gasteiger partial charge in [0.2, 0.25) is 0 Å². The maximum Gasteiger partial charge on any atom is 0.356 e. The Morgan fingerprint density at radius 2 is 1.81 bits per heavy atom. The molecule has 2 aromatic carbocycles. The van der Waals surface area contributed by atoms with Gasteiger partial charge in [-0.1, -0.05) is 54.6 Å². The molecule has 2 N–H and O–H groups in total. The van der Waals surface area contributed by atoms with Gasteiger partial charge < -0.3 is 10.5 Å². The van der Waals surface area contributed by atoms with Crippen LogP contribution in [0.5, 0.6) is 0 Å². The van der Waals surface area contributed by atoms with E-state index in [2.05, 4.69) is 5.10 Å². The molecule has 0 radical (unpaired) electrons. The van der Waals surface area contributed by atoms with E-state index in [0.29, 0.717) is 25.4 Å². The summed E-state index contributed by atoms with van der Waals surface area (Å²) in [7, 11) is 0. The molecular formula is C21H23N3O2. The second-order valence-corrected chi connectivity index (χ2v) is 6.01. The molecule has 3 aromatic rings. The summed E-state index contributed by atoms with van der Waals surface area (Å²) in [6.07, 6.45) is 0.844. The number of carbonyl (C=O) groups excluding carboxylic acids is 1. The topological polar surface area (TPSA) is 70.1 Å². The van der Waals surface area contributed by atoms with Crippen LogP contribution in [0.2, 0.25) is 0 Å². The first kappa shape index (κ1) is 17.9. The normalized spacial score (nSPS) is 10.7. The molecule has 0 aliphatic rings. The monoisotopic (exact) mass is 349 g/mol. The van der Waals surface area contributed by atoms with Crippen LogP contribution in [0, 0.1) is 0 Å². The molecule has 0 spiro atoms. The van der Waals surface area contributed by atoms with E-state index in [1.54, 1.807) is 17.7 Å². The zero-order chi connectivity index (χ0) is 18.4. The molecule has 0 saturated carbocycles. The Labute approximate surface area is 153 Å². The van der Waals surface area contributed by atoms with Crippen LogP contribution in [0.1, 0.15) is 28.5 Å². The molecule has 5 nitrogen and oxygen atoms in total. The third-order valence-electron chi connectivity index (χ3n) is 4.12. The average Bonchev–Trinajstić information content (AvgIpc) is 3.07. The molecular weight excluding hydrogens is 326 g/mol. The second kappa shape index (κ2) is 8.45. The Balaban J connectivity index is 1.93. The van der Waals surface area contributed by atoms with E-state index in [0.717, 1.165) is 23.2 Å². The number of hydrogen-bond donors (Lipinski definition) is 1. The highest BCUT2D eigenvalue weighted by Gasteiger charge is 2.17. The SMILES string of the molecule is CCOC(=O)c1cc(-c2ccc(CCN)cc2)nn1Cc1ccccc1. The van der Waals surface area contributed by atoms with Crippen molar-refractivity contribution in [3.8, 4) is 11.3 Å². The van der Waals surface area contributed by atoms with E-state index in [4.69, 9.17) is 10.5 Å². The van der Waals surface area contributed by atoms with E-state index < -0.39 is 0 Å². The van der Waals surface area contributed by atoms with Crippen LogP contribution in [0.4, 0.5) is 0 Å². The summed E-state index contributed by atoms with van der Waals surface area (Å²) in [5.41, 5.74) is 10.0. The predicted octanol–water partition coefficient (Wildman–Crippen LogP) is 3.28. The largest absolute Gasteiger partial charge is 0.461 e. The van der Waals surface area contributed by atoms with Gasteiger partial charge in [0.15, 0.2) is 0 Å². The van der Waals surface area contributed by atoms with Crippen molar-refractivity contribution >= 4 is 5.97 Å². The number of benzene rings is 2. The molecule has 3 rings (SSSR count). The van der Waals surface area contributed by atoms with Crippen LogP contribution >= 0.6 is 0 Å². The standard InChI is InChI=1S/C21H23N3O2/c1-2-26-21(25)20-14-19(18-10-8-16(9-11-18)12-13-22)23-24(20)15-17-6-4-3-5-7-17/h3-11,14H,2,12-13,15,22H2,1H3. The third kappa shape index (κ3) is 4.18. The van der Waals surface area contributed by atoms with Crippen molar-refractivity contribution in [3.05, 3.63) is 77.5 Å². The minimum Gasteiger partial charge on any atom is -0.461 e. The average molecular weight is 349 g/mol. The summed E-state index contributed by atoms with van der Waals surface area (Å²) >= 11 is 0. The van der Waals surface area contributed by atoms with Crippen molar-refractivity contribution in [2.75, 3.05) is 13.2 Å². The van der Waals surface area contributed by atoms with Crippen molar-refractivity contribution in [1.82, 2.24) is 9.78 Å². The fourth-order valence-electron chi connectivity index (χ4n) is 2.81. The lowest BCUT2D eigenvalue weighted by Gasteiger charge is -2.06. The summed E-state index contributed by atoms with van der Waals surface area (Å²) in [4.78, 5) is 12.3. The molecule has 0 amide bonds. The highest BCUT2D eigenvalue weighted by molar-refractivity contribution is 5.89. The lowest BCUT2D eigenvalue weighted by Crippen LogP contribution is -2.14. The van der Waals surface area contributed by atoms with Gasteiger partial charge in [0.25, 0.3) is 0 Å². The van der Waals surface area contributed by atoms with Gasteiger partial charge >= 0.3 is 5.97 Å². The van der Waals surface area contributed by atoms with Gasteiger partial charge in [-0.05, 0) is 37.1 Å². The van der Waals surface area contributed by atoms with Gasteiger partial charge in [-0.25, -0.2) is 4.79 Å². The number of hydrogen-bond acceptors (Lipinski definition) is 4. The Morgan fingerprint density at radius 3 is 2.46 bits per heavy atom. The molecule has 0 bridgehead atoms. The lowest BCUT2D eigenvalue weighted by molar-refractivity contribution is 0.0512. The van der Waals surface area contributed by atoms with Crippen LogP contribution in [0.15, 0.2) is 60.7 Å². The summed E-state index contributed by atoms with van der Waals surface area (Å²) < 4.78 is 6.90. The highest BCUT2D eigenvalue weighted by Crippen LogP contribution is 2.21. The molecule has 1 aromatic heterocycles. The number of rotatable bonds is 7.